The summed E-state index contributed by atoms with van der Waals surface area (Å²) in [7, 11) is -3.72. The van der Waals surface area contributed by atoms with Crippen LogP contribution in [0, 0.1) is 0 Å². The summed E-state index contributed by atoms with van der Waals surface area (Å²) in [6, 6.07) is 4.86. The van der Waals surface area contributed by atoms with E-state index in [-0.39, 0.29) is 15.8 Å². The molecule has 0 radical (unpaired) electrons. The smallest absolute Gasteiger partial charge is 0.225 e. The molecule has 1 aromatic carbocycles. The van der Waals surface area contributed by atoms with E-state index in [0.29, 0.717) is 0 Å². The van der Waals surface area contributed by atoms with E-state index in [0.717, 1.165) is 5.56 Å². The molecule has 0 heterocycles. The average molecular weight is 234 g/mol. The van der Waals surface area contributed by atoms with Crippen molar-refractivity contribution in [2.24, 2.45) is 5.14 Å². The Bertz CT molecular complexity index is 440. The summed E-state index contributed by atoms with van der Waals surface area (Å²) < 4.78 is 22.2. The predicted molar refractivity (Wildman–Crippen MR) is 56.9 cm³/mol. The van der Waals surface area contributed by atoms with Gasteiger partial charge in [-0.15, -0.1) is 0 Å². The maximum absolute atomic E-state index is 11.1. The lowest BCUT2D eigenvalue weighted by Gasteiger charge is -2.08. The minimum absolute atomic E-state index is 0.00892. The number of halogens is 1. The quantitative estimate of drug-likeness (QED) is 0.851. The van der Waals surface area contributed by atoms with Gasteiger partial charge in [-0.25, -0.2) is 13.6 Å². The number of sulfonamides is 1. The molecule has 0 aromatic heterocycles. The van der Waals surface area contributed by atoms with Gasteiger partial charge < -0.3 is 0 Å². The van der Waals surface area contributed by atoms with Gasteiger partial charge in [-0.1, -0.05) is 31.5 Å². The summed E-state index contributed by atoms with van der Waals surface area (Å²) in [5, 5.41) is 5.18. The first-order valence-corrected chi connectivity index (χ1v) is 6.07. The molecule has 0 saturated carbocycles. The molecule has 14 heavy (non-hydrogen) atoms. The highest BCUT2D eigenvalue weighted by atomic mass is 35.5. The molecule has 0 amide bonds. The van der Waals surface area contributed by atoms with Crippen molar-refractivity contribution in [2.75, 3.05) is 0 Å². The van der Waals surface area contributed by atoms with Gasteiger partial charge in [0.05, 0.1) is 5.02 Å². The summed E-state index contributed by atoms with van der Waals surface area (Å²) in [4.78, 5) is -0.00892. The monoisotopic (exact) mass is 233 g/mol. The van der Waals surface area contributed by atoms with Crippen molar-refractivity contribution in [3.05, 3.63) is 28.8 Å². The van der Waals surface area contributed by atoms with Gasteiger partial charge in [0.25, 0.3) is 0 Å². The predicted octanol–water partition coefficient (Wildman–Crippen LogP) is 2.11. The lowest BCUT2D eigenvalue weighted by atomic mass is 10.0. The molecular formula is C9H12ClNO2S. The Balaban J connectivity index is 3.37. The van der Waals surface area contributed by atoms with Crippen molar-refractivity contribution in [1.82, 2.24) is 0 Å². The van der Waals surface area contributed by atoms with E-state index < -0.39 is 10.0 Å². The SMILES string of the molecule is CC(C)c1ccc(Cl)c(S(N)(=O)=O)c1. The first-order chi connectivity index (χ1) is 6.32. The van der Waals surface area contributed by atoms with E-state index >= 15 is 0 Å². The molecule has 1 rings (SSSR count). The third-order valence-corrected chi connectivity index (χ3v) is 3.32. The highest BCUT2D eigenvalue weighted by Crippen LogP contribution is 2.24. The van der Waals surface area contributed by atoms with Crippen LogP contribution in [-0.4, -0.2) is 8.42 Å². The minimum Gasteiger partial charge on any atom is -0.225 e. The van der Waals surface area contributed by atoms with Gasteiger partial charge in [-0.05, 0) is 23.6 Å². The van der Waals surface area contributed by atoms with Crippen molar-refractivity contribution < 1.29 is 8.42 Å². The second kappa shape index (κ2) is 3.88. The lowest BCUT2D eigenvalue weighted by molar-refractivity contribution is 0.597. The Hall–Kier alpha value is -0.580. The lowest BCUT2D eigenvalue weighted by Crippen LogP contribution is -2.13. The van der Waals surface area contributed by atoms with Crippen molar-refractivity contribution in [3.8, 4) is 0 Å². The summed E-state index contributed by atoms with van der Waals surface area (Å²) >= 11 is 5.73. The Morgan fingerprint density at radius 3 is 2.36 bits per heavy atom. The highest BCUT2D eigenvalue weighted by Gasteiger charge is 2.14. The Morgan fingerprint density at radius 1 is 1.36 bits per heavy atom. The number of hydrogen-bond acceptors (Lipinski definition) is 2. The molecule has 3 nitrogen and oxygen atoms in total. The van der Waals surface area contributed by atoms with Crippen LogP contribution in [-0.2, 0) is 10.0 Å². The van der Waals surface area contributed by atoms with Crippen LogP contribution in [0.1, 0.15) is 25.3 Å². The van der Waals surface area contributed by atoms with Crippen molar-refractivity contribution in [3.63, 3.8) is 0 Å². The average Bonchev–Trinajstić information content (AvgIpc) is 2.02. The zero-order valence-corrected chi connectivity index (χ0v) is 9.56. The fourth-order valence-electron chi connectivity index (χ4n) is 1.10. The maximum atomic E-state index is 11.1. The number of primary sulfonamides is 1. The molecule has 0 aliphatic heterocycles. The topological polar surface area (TPSA) is 60.2 Å². The second-order valence-electron chi connectivity index (χ2n) is 3.39. The van der Waals surface area contributed by atoms with Crippen LogP contribution in [0.3, 0.4) is 0 Å². The van der Waals surface area contributed by atoms with Crippen LogP contribution < -0.4 is 5.14 Å². The van der Waals surface area contributed by atoms with E-state index in [1.807, 2.05) is 13.8 Å². The normalized spacial score (nSPS) is 12.1. The zero-order valence-electron chi connectivity index (χ0n) is 7.99. The molecule has 0 bridgehead atoms. The molecule has 1 aromatic rings. The molecule has 0 spiro atoms. The van der Waals surface area contributed by atoms with Gasteiger partial charge in [-0.3, -0.25) is 0 Å². The van der Waals surface area contributed by atoms with E-state index in [1.165, 1.54) is 6.07 Å². The van der Waals surface area contributed by atoms with Crippen LogP contribution >= 0.6 is 11.6 Å². The molecule has 78 valence electrons. The fourth-order valence-corrected chi connectivity index (χ4v) is 2.18. The van der Waals surface area contributed by atoms with Crippen molar-refractivity contribution >= 4 is 21.6 Å². The van der Waals surface area contributed by atoms with E-state index in [1.54, 1.807) is 12.1 Å². The summed E-state index contributed by atoms with van der Waals surface area (Å²) in [5.41, 5.74) is 0.901. The molecule has 0 fully saturated rings. The van der Waals surface area contributed by atoms with Crippen molar-refractivity contribution in [2.45, 2.75) is 24.7 Å². The minimum atomic E-state index is -3.72. The van der Waals surface area contributed by atoms with Gasteiger partial charge in [0.15, 0.2) is 0 Å². The van der Waals surface area contributed by atoms with Gasteiger partial charge >= 0.3 is 0 Å². The van der Waals surface area contributed by atoms with Gasteiger partial charge in [0, 0.05) is 0 Å². The van der Waals surface area contributed by atoms with Crippen LogP contribution in [0.25, 0.3) is 0 Å². The molecular weight excluding hydrogens is 222 g/mol. The molecule has 2 N–H and O–H groups in total. The third kappa shape index (κ3) is 2.47. The number of benzene rings is 1. The summed E-state index contributed by atoms with van der Waals surface area (Å²) in [6.07, 6.45) is 0. The Morgan fingerprint density at radius 2 is 1.93 bits per heavy atom. The van der Waals surface area contributed by atoms with E-state index in [9.17, 15) is 8.42 Å². The van der Waals surface area contributed by atoms with Crippen LogP contribution in [0.2, 0.25) is 5.02 Å². The van der Waals surface area contributed by atoms with Crippen LogP contribution in [0.4, 0.5) is 0 Å². The Kier molecular flexibility index (Phi) is 3.19. The summed E-state index contributed by atoms with van der Waals surface area (Å²) in [6.45, 7) is 3.94. The molecule has 0 saturated heterocycles. The highest BCUT2D eigenvalue weighted by molar-refractivity contribution is 7.89. The van der Waals surface area contributed by atoms with Crippen LogP contribution in [0.5, 0.6) is 0 Å². The van der Waals surface area contributed by atoms with E-state index in [4.69, 9.17) is 16.7 Å². The van der Waals surface area contributed by atoms with Crippen LogP contribution in [0.15, 0.2) is 23.1 Å². The van der Waals surface area contributed by atoms with Gasteiger partial charge in [0.1, 0.15) is 4.90 Å². The second-order valence-corrected chi connectivity index (χ2v) is 5.33. The summed E-state index contributed by atoms with van der Waals surface area (Å²) in [5.74, 6) is 0.243. The standard InChI is InChI=1S/C9H12ClNO2S/c1-6(2)7-3-4-8(10)9(5-7)14(11,12)13/h3-6H,1-2H3,(H2,11,12,13). The Labute approximate surface area is 88.9 Å². The fraction of sp³-hybridized carbons (Fsp3) is 0.333. The number of hydrogen-bond donors (Lipinski definition) is 1. The van der Waals surface area contributed by atoms with Gasteiger partial charge in [0.2, 0.25) is 10.0 Å². The first-order valence-electron chi connectivity index (χ1n) is 4.14. The molecule has 0 aliphatic rings. The number of rotatable bonds is 2. The first kappa shape index (κ1) is 11.5. The molecule has 5 heteroatoms. The van der Waals surface area contributed by atoms with Gasteiger partial charge in [-0.2, -0.15) is 0 Å². The molecule has 0 atom stereocenters. The molecule has 0 unspecified atom stereocenters. The zero-order chi connectivity index (χ0) is 10.9. The molecule has 0 aliphatic carbocycles. The largest absolute Gasteiger partial charge is 0.239 e. The maximum Gasteiger partial charge on any atom is 0.239 e. The third-order valence-electron chi connectivity index (χ3n) is 1.93. The van der Waals surface area contributed by atoms with Crippen molar-refractivity contribution in [1.29, 1.82) is 0 Å². The van der Waals surface area contributed by atoms with E-state index in [2.05, 4.69) is 0 Å². The number of nitrogens with two attached hydrogens (primary N) is 1.